The Morgan fingerprint density at radius 1 is 1.16 bits per heavy atom. The number of carbonyl (C=O) groups is 3. The molecule has 0 radical (unpaired) electrons. The van der Waals surface area contributed by atoms with Gasteiger partial charge in [0.1, 0.15) is 6.04 Å². The molecule has 1 aliphatic carbocycles. The summed E-state index contributed by atoms with van der Waals surface area (Å²) in [5.74, 6) is -1.50. The SMILES string of the molecule is CC(=O)NC(C(=O)Nc1ccc(CC(C)C(=O)O)cc1)C1CCCC1. The first-order valence-corrected chi connectivity index (χ1v) is 8.76. The average molecular weight is 346 g/mol. The van der Waals surface area contributed by atoms with Crippen molar-refractivity contribution in [3.05, 3.63) is 29.8 Å². The minimum absolute atomic E-state index is 0.180. The zero-order chi connectivity index (χ0) is 18.4. The van der Waals surface area contributed by atoms with Crippen molar-refractivity contribution < 1.29 is 19.5 Å². The number of carbonyl (C=O) groups excluding carboxylic acids is 2. The number of amides is 2. The summed E-state index contributed by atoms with van der Waals surface area (Å²) in [5.41, 5.74) is 1.55. The van der Waals surface area contributed by atoms with Gasteiger partial charge in [0.2, 0.25) is 11.8 Å². The van der Waals surface area contributed by atoms with E-state index in [9.17, 15) is 14.4 Å². The van der Waals surface area contributed by atoms with Gasteiger partial charge in [0.15, 0.2) is 0 Å². The first-order chi connectivity index (χ1) is 11.9. The van der Waals surface area contributed by atoms with E-state index in [-0.39, 0.29) is 17.7 Å². The van der Waals surface area contributed by atoms with Gasteiger partial charge >= 0.3 is 5.97 Å². The number of carboxylic acids is 1. The molecule has 1 aromatic carbocycles. The Balaban J connectivity index is 1.99. The van der Waals surface area contributed by atoms with Crippen molar-refractivity contribution in [1.82, 2.24) is 5.32 Å². The van der Waals surface area contributed by atoms with Gasteiger partial charge in [-0.3, -0.25) is 14.4 Å². The number of aliphatic carboxylic acids is 1. The van der Waals surface area contributed by atoms with Crippen LogP contribution in [-0.2, 0) is 20.8 Å². The van der Waals surface area contributed by atoms with E-state index < -0.39 is 17.9 Å². The van der Waals surface area contributed by atoms with Crippen LogP contribution in [0.5, 0.6) is 0 Å². The second-order valence-corrected chi connectivity index (χ2v) is 6.85. The molecule has 25 heavy (non-hydrogen) atoms. The van der Waals surface area contributed by atoms with E-state index >= 15 is 0 Å². The van der Waals surface area contributed by atoms with Gasteiger partial charge in [0.05, 0.1) is 5.92 Å². The van der Waals surface area contributed by atoms with Gasteiger partial charge < -0.3 is 15.7 Å². The third-order valence-electron chi connectivity index (χ3n) is 4.70. The van der Waals surface area contributed by atoms with E-state index in [0.717, 1.165) is 31.2 Å². The lowest BCUT2D eigenvalue weighted by molar-refractivity contribution is -0.141. The molecule has 3 N–H and O–H groups in total. The standard InChI is InChI=1S/C19H26N2O4/c1-12(19(24)25)11-14-7-9-16(10-8-14)21-18(23)17(20-13(2)22)15-5-3-4-6-15/h7-10,12,15,17H,3-6,11H2,1-2H3,(H,20,22)(H,21,23)(H,24,25). The van der Waals surface area contributed by atoms with Gasteiger partial charge in [-0.05, 0) is 42.9 Å². The predicted octanol–water partition coefficient (Wildman–Crippen LogP) is 2.58. The number of carboxylic acid groups (broad SMARTS) is 1. The quantitative estimate of drug-likeness (QED) is 0.707. The molecule has 2 amide bonds. The fourth-order valence-corrected chi connectivity index (χ4v) is 3.29. The molecule has 6 heteroatoms. The van der Waals surface area contributed by atoms with Gasteiger partial charge in [-0.2, -0.15) is 0 Å². The molecule has 2 rings (SSSR count). The van der Waals surface area contributed by atoms with Crippen LogP contribution in [0.4, 0.5) is 5.69 Å². The first kappa shape index (κ1) is 19.0. The van der Waals surface area contributed by atoms with Crippen LogP contribution >= 0.6 is 0 Å². The lowest BCUT2D eigenvalue weighted by Crippen LogP contribution is -2.47. The summed E-state index contributed by atoms with van der Waals surface area (Å²) < 4.78 is 0. The highest BCUT2D eigenvalue weighted by atomic mass is 16.4. The Hall–Kier alpha value is -2.37. The van der Waals surface area contributed by atoms with Gasteiger partial charge in [-0.1, -0.05) is 31.9 Å². The second kappa shape index (κ2) is 8.65. The molecule has 0 saturated heterocycles. The molecule has 1 saturated carbocycles. The van der Waals surface area contributed by atoms with Crippen molar-refractivity contribution >= 4 is 23.5 Å². The summed E-state index contributed by atoms with van der Waals surface area (Å²) >= 11 is 0. The van der Waals surface area contributed by atoms with Crippen LogP contribution in [0.3, 0.4) is 0 Å². The van der Waals surface area contributed by atoms with Crippen LogP contribution < -0.4 is 10.6 Å². The zero-order valence-corrected chi connectivity index (χ0v) is 14.7. The van der Waals surface area contributed by atoms with E-state index in [4.69, 9.17) is 5.11 Å². The fraction of sp³-hybridized carbons (Fsp3) is 0.526. The molecule has 0 aliphatic heterocycles. The van der Waals surface area contributed by atoms with Crippen molar-refractivity contribution in [3.63, 3.8) is 0 Å². The summed E-state index contributed by atoms with van der Waals surface area (Å²) in [5, 5.41) is 14.6. The van der Waals surface area contributed by atoms with Crippen molar-refractivity contribution in [1.29, 1.82) is 0 Å². The second-order valence-electron chi connectivity index (χ2n) is 6.85. The Bertz CT molecular complexity index is 621. The predicted molar refractivity (Wildman–Crippen MR) is 95.1 cm³/mol. The highest BCUT2D eigenvalue weighted by Crippen LogP contribution is 2.28. The Morgan fingerprint density at radius 3 is 2.28 bits per heavy atom. The van der Waals surface area contributed by atoms with Crippen molar-refractivity contribution in [2.75, 3.05) is 5.32 Å². The summed E-state index contributed by atoms with van der Waals surface area (Å²) in [6, 6.07) is 6.66. The maximum Gasteiger partial charge on any atom is 0.306 e. The third kappa shape index (κ3) is 5.59. The van der Waals surface area contributed by atoms with Crippen molar-refractivity contribution in [3.8, 4) is 0 Å². The van der Waals surface area contributed by atoms with Crippen LogP contribution in [-0.4, -0.2) is 28.9 Å². The van der Waals surface area contributed by atoms with Crippen LogP contribution in [0.15, 0.2) is 24.3 Å². The van der Waals surface area contributed by atoms with Gasteiger partial charge in [-0.15, -0.1) is 0 Å². The Kier molecular flexibility index (Phi) is 6.56. The average Bonchev–Trinajstić information content (AvgIpc) is 3.08. The molecule has 0 heterocycles. The molecule has 0 spiro atoms. The van der Waals surface area contributed by atoms with Crippen LogP contribution in [0.25, 0.3) is 0 Å². The Morgan fingerprint density at radius 2 is 1.76 bits per heavy atom. The van der Waals surface area contributed by atoms with Gasteiger partial charge in [0.25, 0.3) is 0 Å². The fourth-order valence-electron chi connectivity index (χ4n) is 3.29. The molecule has 1 aromatic rings. The summed E-state index contributed by atoms with van der Waals surface area (Å²) in [7, 11) is 0. The van der Waals surface area contributed by atoms with Crippen LogP contribution in [0, 0.1) is 11.8 Å². The lowest BCUT2D eigenvalue weighted by Gasteiger charge is -2.23. The highest BCUT2D eigenvalue weighted by molar-refractivity contribution is 5.97. The van der Waals surface area contributed by atoms with E-state index in [1.165, 1.54) is 6.92 Å². The van der Waals surface area contributed by atoms with Gasteiger partial charge in [-0.25, -0.2) is 0 Å². The number of hydrogen-bond acceptors (Lipinski definition) is 3. The number of nitrogens with one attached hydrogen (secondary N) is 2. The molecule has 2 atom stereocenters. The summed E-state index contributed by atoms with van der Waals surface area (Å²) in [4.78, 5) is 34.9. The molecule has 0 bridgehead atoms. The van der Waals surface area contributed by atoms with Crippen LogP contribution in [0.2, 0.25) is 0 Å². The zero-order valence-electron chi connectivity index (χ0n) is 14.7. The molecule has 2 unspecified atom stereocenters. The van der Waals surface area contributed by atoms with Crippen LogP contribution in [0.1, 0.15) is 45.1 Å². The Labute approximate surface area is 148 Å². The molecule has 1 aliphatic rings. The first-order valence-electron chi connectivity index (χ1n) is 8.76. The molecule has 136 valence electrons. The minimum atomic E-state index is -0.827. The normalized spacial score (nSPS) is 16.9. The van der Waals surface area contributed by atoms with Crippen molar-refractivity contribution in [2.45, 2.75) is 52.0 Å². The molecular formula is C19H26N2O4. The number of rotatable bonds is 7. The largest absolute Gasteiger partial charge is 0.481 e. The molecule has 1 fully saturated rings. The van der Waals surface area contributed by atoms with E-state index in [1.54, 1.807) is 19.1 Å². The van der Waals surface area contributed by atoms with E-state index in [0.29, 0.717) is 12.1 Å². The van der Waals surface area contributed by atoms with Crippen molar-refractivity contribution in [2.24, 2.45) is 11.8 Å². The lowest BCUT2D eigenvalue weighted by atomic mass is 9.97. The minimum Gasteiger partial charge on any atom is -0.481 e. The van der Waals surface area contributed by atoms with Gasteiger partial charge in [0, 0.05) is 12.6 Å². The third-order valence-corrected chi connectivity index (χ3v) is 4.70. The molecule has 0 aromatic heterocycles. The number of anilines is 1. The smallest absolute Gasteiger partial charge is 0.306 e. The summed E-state index contributed by atoms with van der Waals surface area (Å²) in [6.07, 6.45) is 4.52. The summed E-state index contributed by atoms with van der Waals surface area (Å²) in [6.45, 7) is 3.09. The number of benzene rings is 1. The molecular weight excluding hydrogens is 320 g/mol. The number of hydrogen-bond donors (Lipinski definition) is 3. The maximum absolute atomic E-state index is 12.6. The topological polar surface area (TPSA) is 95.5 Å². The van der Waals surface area contributed by atoms with E-state index in [2.05, 4.69) is 10.6 Å². The molecule has 6 nitrogen and oxygen atoms in total. The monoisotopic (exact) mass is 346 g/mol. The van der Waals surface area contributed by atoms with E-state index in [1.807, 2.05) is 12.1 Å². The highest BCUT2D eigenvalue weighted by Gasteiger charge is 2.31. The maximum atomic E-state index is 12.6.